The molecule has 0 rings (SSSR count). The first-order valence-corrected chi connectivity index (χ1v) is 17.4. The minimum absolute atomic E-state index is 0.0345. The molecule has 1 unspecified atom stereocenters. The summed E-state index contributed by atoms with van der Waals surface area (Å²) in [6, 6.07) is -0.0906. The number of ketones is 1. The topological polar surface area (TPSA) is 160 Å². The van der Waals surface area contributed by atoms with Gasteiger partial charge in [-0.2, -0.15) is 0 Å². The fourth-order valence-electron chi connectivity index (χ4n) is 3.89. The summed E-state index contributed by atoms with van der Waals surface area (Å²) in [5.74, 6) is 0.192. The Kier molecular flexibility index (Phi) is 39.0. The number of hydrogen-bond acceptors (Lipinski definition) is 14. The molecule has 0 fully saturated rings. The summed E-state index contributed by atoms with van der Waals surface area (Å²) in [5.41, 5.74) is 0. The maximum atomic E-state index is 11.9. The van der Waals surface area contributed by atoms with E-state index >= 15 is 0 Å². The van der Waals surface area contributed by atoms with Gasteiger partial charge in [0, 0.05) is 26.5 Å². The summed E-state index contributed by atoms with van der Waals surface area (Å²) >= 11 is 0. The Morgan fingerprint density at radius 3 is 1.15 bits per heavy atom. The molecule has 0 aliphatic carbocycles. The second kappa shape index (κ2) is 40.1. The van der Waals surface area contributed by atoms with Crippen LogP contribution in [0, 0.1) is 0 Å². The van der Waals surface area contributed by atoms with E-state index in [2.05, 4.69) is 10.6 Å². The van der Waals surface area contributed by atoms with Crippen LogP contribution in [0.1, 0.15) is 39.0 Å². The molecule has 0 aliphatic rings. The van der Waals surface area contributed by atoms with E-state index in [1.807, 2.05) is 6.92 Å². The van der Waals surface area contributed by atoms with Crippen LogP contribution in [-0.2, 0) is 61.7 Å². The molecule has 0 saturated heterocycles. The minimum Gasteiger partial charge on any atom is -0.382 e. The highest BCUT2D eigenvalue weighted by Crippen LogP contribution is 2.03. The molecule has 1 amide bonds. The fourth-order valence-corrected chi connectivity index (χ4v) is 3.89. The molecule has 0 heterocycles. The summed E-state index contributed by atoms with van der Waals surface area (Å²) in [4.78, 5) is 23.6. The number of carbonyl (C=O) groups excluding carboxylic acids is 2. The molecule has 0 aliphatic heterocycles. The molecule has 0 bridgehead atoms. The van der Waals surface area contributed by atoms with Gasteiger partial charge in [0.15, 0.2) is 0 Å². The van der Waals surface area contributed by atoms with E-state index in [-0.39, 0.29) is 17.7 Å². The first-order chi connectivity index (χ1) is 23.7. The van der Waals surface area contributed by atoms with Gasteiger partial charge >= 0.3 is 0 Å². The van der Waals surface area contributed by atoms with E-state index in [1.54, 1.807) is 14.2 Å². The van der Waals surface area contributed by atoms with Gasteiger partial charge in [0.2, 0.25) is 5.91 Å². The Bertz CT molecular complexity index is 679. The zero-order chi connectivity index (χ0) is 35.0. The second-order valence-electron chi connectivity index (χ2n) is 10.4. The average Bonchev–Trinajstić information content (AvgIpc) is 3.10. The highest BCUT2D eigenvalue weighted by molar-refractivity contribution is 5.83. The molecular formula is C33H66N2O13. The van der Waals surface area contributed by atoms with E-state index in [9.17, 15) is 9.59 Å². The van der Waals surface area contributed by atoms with Crippen molar-refractivity contribution in [3.8, 4) is 0 Å². The van der Waals surface area contributed by atoms with Gasteiger partial charge in [-0.3, -0.25) is 9.59 Å². The molecule has 15 heteroatoms. The number of Topliss-reactive ketones (excluding diaryl/α,β-unsaturated/α-hetero) is 1. The number of carbonyl (C=O) groups is 2. The van der Waals surface area contributed by atoms with Gasteiger partial charge in [-0.25, -0.2) is 0 Å². The highest BCUT2D eigenvalue weighted by Gasteiger charge is 2.13. The molecular weight excluding hydrogens is 632 g/mol. The third kappa shape index (κ3) is 36.0. The Morgan fingerprint density at radius 1 is 0.500 bits per heavy atom. The predicted octanol–water partition coefficient (Wildman–Crippen LogP) is 1.04. The Labute approximate surface area is 288 Å². The van der Waals surface area contributed by atoms with Crippen molar-refractivity contribution >= 4 is 11.7 Å². The van der Waals surface area contributed by atoms with Gasteiger partial charge in [-0.15, -0.1) is 0 Å². The van der Waals surface area contributed by atoms with Gasteiger partial charge in [-0.05, 0) is 26.3 Å². The van der Waals surface area contributed by atoms with Crippen molar-refractivity contribution in [1.29, 1.82) is 0 Å². The van der Waals surface area contributed by atoms with Crippen LogP contribution in [0.4, 0.5) is 0 Å². The van der Waals surface area contributed by atoms with Crippen LogP contribution in [0.15, 0.2) is 0 Å². The summed E-state index contributed by atoms with van der Waals surface area (Å²) < 4.78 is 59.3. The summed E-state index contributed by atoms with van der Waals surface area (Å²) in [5, 5.41) is 5.93. The van der Waals surface area contributed by atoms with E-state index in [0.717, 1.165) is 19.3 Å². The Hall–Kier alpha value is -1.34. The first-order valence-electron chi connectivity index (χ1n) is 17.4. The number of ether oxygens (including phenoxy) is 11. The summed E-state index contributed by atoms with van der Waals surface area (Å²) in [6.45, 7) is 12.9. The second-order valence-corrected chi connectivity index (χ2v) is 10.4. The van der Waals surface area contributed by atoms with Gasteiger partial charge < -0.3 is 62.7 Å². The Morgan fingerprint density at radius 2 is 0.833 bits per heavy atom. The molecule has 0 aromatic rings. The largest absolute Gasteiger partial charge is 0.382 e. The third-order valence-corrected chi connectivity index (χ3v) is 6.58. The lowest BCUT2D eigenvalue weighted by molar-refractivity contribution is -0.122. The molecule has 2 N–H and O–H groups in total. The molecule has 0 aromatic heterocycles. The molecule has 0 aromatic carbocycles. The van der Waals surface area contributed by atoms with Crippen LogP contribution in [0.25, 0.3) is 0 Å². The minimum atomic E-state index is -0.0906. The van der Waals surface area contributed by atoms with Crippen molar-refractivity contribution in [1.82, 2.24) is 10.6 Å². The molecule has 286 valence electrons. The van der Waals surface area contributed by atoms with E-state index in [4.69, 9.17) is 52.1 Å². The van der Waals surface area contributed by atoms with Gasteiger partial charge in [0.1, 0.15) is 5.78 Å². The van der Waals surface area contributed by atoms with Crippen molar-refractivity contribution in [3.05, 3.63) is 0 Å². The summed E-state index contributed by atoms with van der Waals surface area (Å²) in [6.07, 6.45) is 3.37. The third-order valence-electron chi connectivity index (χ3n) is 6.58. The lowest BCUT2D eigenvalue weighted by Gasteiger charge is -2.13. The standard InChI is InChI=1S/C33H66N2O13/c1-4-32(36)31(34-2)7-5-6-9-35-33(37)8-10-39-13-14-41-17-18-43-21-22-45-25-26-47-29-30-48-28-27-46-24-23-44-20-19-42-16-15-40-12-11-38-3/h31,34H,4-30H2,1-3H3,(H,35,37). The number of amides is 1. The summed E-state index contributed by atoms with van der Waals surface area (Å²) in [7, 11) is 3.45. The van der Waals surface area contributed by atoms with E-state index in [0.29, 0.717) is 158 Å². The number of likely N-dealkylation sites (N-methyl/N-ethyl adjacent to an activating group) is 1. The van der Waals surface area contributed by atoms with Crippen molar-refractivity contribution in [2.45, 2.75) is 45.1 Å². The molecule has 0 saturated carbocycles. The maximum absolute atomic E-state index is 11.9. The quantitative estimate of drug-likeness (QED) is 0.0873. The lowest BCUT2D eigenvalue weighted by atomic mass is 10.0. The first kappa shape index (κ1) is 46.7. The zero-order valence-electron chi connectivity index (χ0n) is 30.0. The average molecular weight is 699 g/mol. The molecule has 0 spiro atoms. The van der Waals surface area contributed by atoms with Crippen molar-refractivity contribution < 1.29 is 61.7 Å². The van der Waals surface area contributed by atoms with Crippen molar-refractivity contribution in [2.75, 3.05) is 159 Å². The van der Waals surface area contributed by atoms with Gasteiger partial charge in [-0.1, -0.05) is 6.92 Å². The van der Waals surface area contributed by atoms with E-state index in [1.165, 1.54) is 0 Å². The molecule has 1 atom stereocenters. The lowest BCUT2D eigenvalue weighted by Crippen LogP contribution is -2.33. The van der Waals surface area contributed by atoms with Gasteiger partial charge in [0.05, 0.1) is 145 Å². The predicted molar refractivity (Wildman–Crippen MR) is 180 cm³/mol. The molecule has 15 nitrogen and oxygen atoms in total. The van der Waals surface area contributed by atoms with Crippen LogP contribution in [0.2, 0.25) is 0 Å². The van der Waals surface area contributed by atoms with Crippen LogP contribution in [-0.4, -0.2) is 177 Å². The van der Waals surface area contributed by atoms with Crippen LogP contribution >= 0.6 is 0 Å². The molecule has 0 radical (unpaired) electrons. The Balaban J connectivity index is 3.18. The van der Waals surface area contributed by atoms with Crippen molar-refractivity contribution in [3.63, 3.8) is 0 Å². The van der Waals surface area contributed by atoms with E-state index < -0.39 is 0 Å². The van der Waals surface area contributed by atoms with Gasteiger partial charge in [0.25, 0.3) is 0 Å². The molecule has 48 heavy (non-hydrogen) atoms. The number of rotatable bonds is 41. The number of nitrogens with one attached hydrogen (secondary N) is 2. The fraction of sp³-hybridized carbons (Fsp3) is 0.939. The monoisotopic (exact) mass is 698 g/mol. The van der Waals surface area contributed by atoms with Crippen molar-refractivity contribution in [2.24, 2.45) is 0 Å². The normalized spacial score (nSPS) is 12.1. The number of methoxy groups -OCH3 is 1. The van der Waals surface area contributed by atoms with Crippen LogP contribution in [0.3, 0.4) is 0 Å². The number of unbranched alkanes of at least 4 members (excludes halogenated alkanes) is 1. The van der Waals surface area contributed by atoms with Crippen LogP contribution < -0.4 is 10.6 Å². The smallest absolute Gasteiger partial charge is 0.222 e. The maximum Gasteiger partial charge on any atom is 0.222 e. The zero-order valence-corrected chi connectivity index (χ0v) is 30.0. The highest BCUT2D eigenvalue weighted by atomic mass is 16.6. The number of hydrogen-bond donors (Lipinski definition) is 2. The van der Waals surface area contributed by atoms with Crippen LogP contribution in [0.5, 0.6) is 0 Å². The SMILES string of the molecule is CCC(=O)C(CCCCNC(=O)CCOCCOCCOCCOCCOCCOCCOCCOCCOCCOCCOC)NC.